The number of rotatable bonds is 8. The molecule has 0 spiro atoms. The number of methoxy groups -OCH3 is 1. The first-order chi connectivity index (χ1) is 16.4. The van der Waals surface area contributed by atoms with Crippen molar-refractivity contribution < 1.29 is 17.9 Å². The minimum absolute atomic E-state index is 0.0688. The SMILES string of the molecule is COc1ccccc1Oc1c(Cl)nc(-c2ccncc2)nc1NS(=O)(=O)/C=C/c1ccccc1. The Labute approximate surface area is 202 Å². The number of pyridine rings is 1. The predicted molar refractivity (Wildman–Crippen MR) is 131 cm³/mol. The van der Waals surface area contributed by atoms with Gasteiger partial charge in [-0.25, -0.2) is 18.4 Å². The van der Waals surface area contributed by atoms with E-state index in [9.17, 15) is 8.42 Å². The van der Waals surface area contributed by atoms with Gasteiger partial charge in [-0.2, -0.15) is 0 Å². The monoisotopic (exact) mass is 494 g/mol. The van der Waals surface area contributed by atoms with E-state index >= 15 is 0 Å². The van der Waals surface area contributed by atoms with Crippen molar-refractivity contribution in [2.24, 2.45) is 0 Å². The molecule has 2 aromatic carbocycles. The maximum Gasteiger partial charge on any atom is 0.256 e. The number of halogens is 1. The standard InChI is InChI=1S/C24H19ClN4O4S/c1-32-19-9-5-6-10-20(19)33-21-22(25)27-23(18-11-14-26-15-12-18)28-24(21)29-34(30,31)16-13-17-7-3-2-4-8-17/h2-16H,1H3,(H,27,28,29)/b16-13+. The molecule has 4 aromatic rings. The van der Waals surface area contributed by atoms with Crippen LogP contribution in [0.25, 0.3) is 17.5 Å². The smallest absolute Gasteiger partial charge is 0.256 e. The molecule has 0 bridgehead atoms. The van der Waals surface area contributed by atoms with Crippen LogP contribution in [0.1, 0.15) is 5.56 Å². The number of ether oxygens (including phenoxy) is 2. The Morgan fingerprint density at radius 1 is 0.912 bits per heavy atom. The van der Waals surface area contributed by atoms with Crippen molar-refractivity contribution in [1.29, 1.82) is 0 Å². The number of hydrogen-bond donors (Lipinski definition) is 1. The number of anilines is 1. The minimum atomic E-state index is -3.98. The van der Waals surface area contributed by atoms with Gasteiger partial charge in [-0.15, -0.1) is 0 Å². The van der Waals surface area contributed by atoms with E-state index in [0.29, 0.717) is 17.1 Å². The molecule has 0 aliphatic heterocycles. The van der Waals surface area contributed by atoms with Crippen LogP contribution in [-0.2, 0) is 10.0 Å². The Kier molecular flexibility index (Phi) is 7.05. The molecule has 172 valence electrons. The highest BCUT2D eigenvalue weighted by atomic mass is 35.5. The van der Waals surface area contributed by atoms with Crippen LogP contribution in [0.4, 0.5) is 5.82 Å². The van der Waals surface area contributed by atoms with E-state index in [1.165, 1.54) is 13.2 Å². The molecule has 0 aliphatic rings. The lowest BCUT2D eigenvalue weighted by Gasteiger charge is -2.15. The summed E-state index contributed by atoms with van der Waals surface area (Å²) in [6.45, 7) is 0. The maximum atomic E-state index is 12.9. The number of hydrogen-bond acceptors (Lipinski definition) is 7. The van der Waals surface area contributed by atoms with Crippen molar-refractivity contribution >= 4 is 33.5 Å². The van der Waals surface area contributed by atoms with Crippen molar-refractivity contribution in [2.75, 3.05) is 11.8 Å². The Morgan fingerprint density at radius 2 is 1.59 bits per heavy atom. The van der Waals surface area contributed by atoms with E-state index in [0.717, 1.165) is 11.0 Å². The normalized spacial score (nSPS) is 11.4. The van der Waals surface area contributed by atoms with Crippen LogP contribution >= 0.6 is 11.6 Å². The highest BCUT2D eigenvalue weighted by Crippen LogP contribution is 2.39. The molecule has 0 saturated heterocycles. The average molecular weight is 495 g/mol. The van der Waals surface area contributed by atoms with Gasteiger partial charge >= 0.3 is 0 Å². The molecule has 2 aromatic heterocycles. The predicted octanol–water partition coefficient (Wildman–Crippen LogP) is 5.41. The molecule has 0 unspecified atom stereocenters. The maximum absolute atomic E-state index is 12.9. The molecular formula is C24H19ClN4O4S. The zero-order valence-electron chi connectivity index (χ0n) is 17.9. The van der Waals surface area contributed by atoms with Crippen molar-refractivity contribution in [3.8, 4) is 28.6 Å². The summed E-state index contributed by atoms with van der Waals surface area (Å²) in [7, 11) is -2.49. The van der Waals surface area contributed by atoms with E-state index in [1.807, 2.05) is 18.2 Å². The number of para-hydroxylation sites is 2. The Bertz CT molecular complexity index is 1420. The van der Waals surface area contributed by atoms with Gasteiger partial charge in [0.1, 0.15) is 0 Å². The Balaban J connectivity index is 1.76. The fourth-order valence-electron chi connectivity index (χ4n) is 2.93. The van der Waals surface area contributed by atoms with E-state index in [4.69, 9.17) is 21.1 Å². The molecule has 0 fully saturated rings. The molecule has 34 heavy (non-hydrogen) atoms. The van der Waals surface area contributed by atoms with Crippen molar-refractivity contribution in [3.05, 3.63) is 95.2 Å². The van der Waals surface area contributed by atoms with Gasteiger partial charge in [-0.05, 0) is 35.9 Å². The summed E-state index contributed by atoms with van der Waals surface area (Å²) < 4.78 is 39.4. The van der Waals surface area contributed by atoms with Crippen LogP contribution in [-0.4, -0.2) is 30.5 Å². The minimum Gasteiger partial charge on any atom is -0.493 e. The van der Waals surface area contributed by atoms with Gasteiger partial charge in [-0.3, -0.25) is 9.71 Å². The van der Waals surface area contributed by atoms with E-state index < -0.39 is 10.0 Å². The third-order valence-electron chi connectivity index (χ3n) is 4.52. The van der Waals surface area contributed by atoms with Crippen molar-refractivity contribution in [2.45, 2.75) is 0 Å². The summed E-state index contributed by atoms with van der Waals surface area (Å²) in [5.74, 6) is 0.739. The summed E-state index contributed by atoms with van der Waals surface area (Å²) in [5.41, 5.74) is 1.32. The van der Waals surface area contributed by atoms with Gasteiger partial charge in [0, 0.05) is 18.0 Å². The topological polar surface area (TPSA) is 103 Å². The summed E-state index contributed by atoms with van der Waals surface area (Å²) >= 11 is 6.45. The lowest BCUT2D eigenvalue weighted by Crippen LogP contribution is -2.12. The van der Waals surface area contributed by atoms with E-state index in [1.54, 1.807) is 60.9 Å². The third kappa shape index (κ3) is 5.69. The summed E-state index contributed by atoms with van der Waals surface area (Å²) in [4.78, 5) is 12.6. The number of sulfonamides is 1. The Morgan fingerprint density at radius 3 is 2.29 bits per heavy atom. The van der Waals surface area contributed by atoms with E-state index in [-0.39, 0.29) is 22.5 Å². The first kappa shape index (κ1) is 23.2. The quantitative estimate of drug-likeness (QED) is 0.327. The van der Waals surface area contributed by atoms with Crippen LogP contribution in [0.15, 0.2) is 84.5 Å². The molecule has 0 aliphatic carbocycles. The van der Waals surface area contributed by atoms with Crippen LogP contribution in [0, 0.1) is 0 Å². The second kappa shape index (κ2) is 10.3. The van der Waals surface area contributed by atoms with Gasteiger partial charge in [0.2, 0.25) is 5.75 Å². The lowest BCUT2D eigenvalue weighted by atomic mass is 10.2. The fourth-order valence-corrected chi connectivity index (χ4v) is 3.95. The number of benzene rings is 2. The van der Waals surface area contributed by atoms with Crippen LogP contribution in [0.2, 0.25) is 5.15 Å². The van der Waals surface area contributed by atoms with Crippen molar-refractivity contribution in [1.82, 2.24) is 15.0 Å². The molecule has 10 heteroatoms. The molecular weight excluding hydrogens is 476 g/mol. The Hall–Kier alpha value is -3.95. The molecule has 4 rings (SSSR count). The zero-order chi connectivity index (χ0) is 24.0. The first-order valence-corrected chi connectivity index (χ1v) is 11.9. The molecule has 0 atom stereocenters. The van der Waals surface area contributed by atoms with Gasteiger partial charge in [0.25, 0.3) is 10.0 Å². The second-order valence-corrected chi connectivity index (χ2v) is 8.79. The molecule has 2 heterocycles. The molecule has 1 N–H and O–H groups in total. The lowest BCUT2D eigenvalue weighted by molar-refractivity contribution is 0.378. The molecule has 0 saturated carbocycles. The van der Waals surface area contributed by atoms with Crippen LogP contribution < -0.4 is 14.2 Å². The first-order valence-electron chi connectivity index (χ1n) is 10.00. The van der Waals surface area contributed by atoms with Crippen LogP contribution in [0.5, 0.6) is 17.2 Å². The molecule has 8 nitrogen and oxygen atoms in total. The summed E-state index contributed by atoms with van der Waals surface area (Å²) in [6, 6.07) is 19.3. The summed E-state index contributed by atoms with van der Waals surface area (Å²) in [5, 5.41) is 0.953. The van der Waals surface area contributed by atoms with E-state index in [2.05, 4.69) is 19.7 Å². The largest absolute Gasteiger partial charge is 0.493 e. The number of nitrogens with zero attached hydrogens (tertiary/aromatic N) is 3. The van der Waals surface area contributed by atoms with Crippen molar-refractivity contribution in [3.63, 3.8) is 0 Å². The zero-order valence-corrected chi connectivity index (χ0v) is 19.5. The molecule has 0 amide bonds. The van der Waals surface area contributed by atoms with Gasteiger partial charge < -0.3 is 9.47 Å². The summed E-state index contributed by atoms with van der Waals surface area (Å²) in [6.07, 6.45) is 4.60. The van der Waals surface area contributed by atoms with Gasteiger partial charge in [0.05, 0.1) is 12.5 Å². The second-order valence-electron chi connectivity index (χ2n) is 6.87. The number of nitrogens with one attached hydrogen (secondary N) is 1. The van der Waals surface area contributed by atoms with Gasteiger partial charge in [-0.1, -0.05) is 54.1 Å². The molecule has 0 radical (unpaired) electrons. The highest BCUT2D eigenvalue weighted by molar-refractivity contribution is 7.95. The average Bonchev–Trinajstić information content (AvgIpc) is 2.86. The highest BCUT2D eigenvalue weighted by Gasteiger charge is 2.21. The van der Waals surface area contributed by atoms with Gasteiger partial charge in [0.15, 0.2) is 28.3 Å². The number of aromatic nitrogens is 3. The fraction of sp³-hybridized carbons (Fsp3) is 0.0417. The van der Waals surface area contributed by atoms with Crippen LogP contribution in [0.3, 0.4) is 0 Å². The third-order valence-corrected chi connectivity index (χ3v) is 5.75.